The number of nitro benzene ring substituents is 2. The summed E-state index contributed by atoms with van der Waals surface area (Å²) in [6.07, 6.45) is 0. The number of nitrogens with zero attached hydrogens (tertiary/aromatic N) is 2. The molecule has 1 rings (SSSR count). The van der Waals surface area contributed by atoms with Crippen LogP contribution in [-0.2, 0) is 4.79 Å². The van der Waals surface area contributed by atoms with Crippen molar-refractivity contribution in [2.75, 3.05) is 5.32 Å². The van der Waals surface area contributed by atoms with E-state index in [2.05, 4.69) is 5.32 Å². The summed E-state index contributed by atoms with van der Waals surface area (Å²) in [6.45, 7) is 1.16. The summed E-state index contributed by atoms with van der Waals surface area (Å²) < 4.78 is 0. The van der Waals surface area contributed by atoms with E-state index in [0.29, 0.717) is 0 Å². The largest absolute Gasteiger partial charge is 0.320 e. The zero-order valence-corrected chi connectivity index (χ0v) is 8.17. The van der Waals surface area contributed by atoms with Crippen molar-refractivity contribution in [2.24, 2.45) is 0 Å². The predicted octanol–water partition coefficient (Wildman–Crippen LogP) is 1.46. The lowest BCUT2D eigenvalue weighted by atomic mass is 10.2. The van der Waals surface area contributed by atoms with E-state index in [-0.39, 0.29) is 17.1 Å². The van der Waals surface area contributed by atoms with Gasteiger partial charge in [0, 0.05) is 25.1 Å². The SMILES string of the molecule is CC(=O)Nc1cc([N+](=O)[O-])ccc1[N+](=O)[O-]. The molecule has 0 aliphatic heterocycles. The molecule has 1 N–H and O–H groups in total. The third kappa shape index (κ3) is 2.50. The normalized spacial score (nSPS) is 9.56. The van der Waals surface area contributed by atoms with Gasteiger partial charge < -0.3 is 5.32 Å². The smallest absolute Gasteiger partial charge is 0.293 e. The van der Waals surface area contributed by atoms with Crippen molar-refractivity contribution in [3.8, 4) is 0 Å². The molecule has 16 heavy (non-hydrogen) atoms. The minimum absolute atomic E-state index is 0.188. The second kappa shape index (κ2) is 4.34. The molecule has 8 heteroatoms. The van der Waals surface area contributed by atoms with Gasteiger partial charge in [-0.15, -0.1) is 0 Å². The summed E-state index contributed by atoms with van der Waals surface area (Å²) >= 11 is 0. The van der Waals surface area contributed by atoms with E-state index in [9.17, 15) is 25.0 Å². The van der Waals surface area contributed by atoms with Crippen LogP contribution in [0.25, 0.3) is 0 Å². The van der Waals surface area contributed by atoms with E-state index in [4.69, 9.17) is 0 Å². The fraction of sp³-hybridized carbons (Fsp3) is 0.125. The van der Waals surface area contributed by atoms with Gasteiger partial charge in [-0.3, -0.25) is 25.0 Å². The Bertz CT molecular complexity index is 471. The fourth-order valence-corrected chi connectivity index (χ4v) is 1.09. The molecule has 1 aromatic rings. The van der Waals surface area contributed by atoms with Crippen LogP contribution >= 0.6 is 0 Å². The van der Waals surface area contributed by atoms with E-state index in [1.165, 1.54) is 0 Å². The first-order valence-corrected chi connectivity index (χ1v) is 4.12. The van der Waals surface area contributed by atoms with Crippen LogP contribution in [0.2, 0.25) is 0 Å². The van der Waals surface area contributed by atoms with Crippen LogP contribution in [0, 0.1) is 20.2 Å². The number of hydrogen-bond acceptors (Lipinski definition) is 5. The van der Waals surface area contributed by atoms with Gasteiger partial charge >= 0.3 is 0 Å². The number of nitrogens with one attached hydrogen (secondary N) is 1. The van der Waals surface area contributed by atoms with Crippen molar-refractivity contribution < 1.29 is 14.6 Å². The van der Waals surface area contributed by atoms with E-state index in [1.54, 1.807) is 0 Å². The lowest BCUT2D eigenvalue weighted by Crippen LogP contribution is -2.08. The Labute approximate surface area is 89.2 Å². The summed E-state index contributed by atoms with van der Waals surface area (Å²) in [7, 11) is 0. The van der Waals surface area contributed by atoms with Crippen molar-refractivity contribution in [3.05, 3.63) is 38.4 Å². The molecule has 0 fully saturated rings. The van der Waals surface area contributed by atoms with Gasteiger partial charge in [0.15, 0.2) is 0 Å². The van der Waals surface area contributed by atoms with Crippen LogP contribution in [0.5, 0.6) is 0 Å². The molecule has 1 amide bonds. The Morgan fingerprint density at radius 1 is 1.25 bits per heavy atom. The van der Waals surface area contributed by atoms with Crippen LogP contribution in [-0.4, -0.2) is 15.8 Å². The number of hydrogen-bond donors (Lipinski definition) is 1. The molecule has 0 aliphatic carbocycles. The first-order valence-electron chi connectivity index (χ1n) is 4.12. The van der Waals surface area contributed by atoms with Gasteiger partial charge in [-0.05, 0) is 0 Å². The number of nitro groups is 2. The molecule has 0 unspecified atom stereocenters. The van der Waals surface area contributed by atoms with E-state index < -0.39 is 15.8 Å². The highest BCUT2D eigenvalue weighted by molar-refractivity contribution is 5.91. The number of carbonyl (C=O) groups is 1. The van der Waals surface area contributed by atoms with Crippen LogP contribution in [0.15, 0.2) is 18.2 Å². The molecule has 0 saturated heterocycles. The molecule has 0 saturated carbocycles. The summed E-state index contributed by atoms with van der Waals surface area (Å²) in [5.41, 5.74) is -0.901. The Hall–Kier alpha value is -2.51. The highest BCUT2D eigenvalue weighted by Crippen LogP contribution is 2.28. The van der Waals surface area contributed by atoms with Crippen LogP contribution in [0.1, 0.15) is 6.92 Å². The first-order chi connectivity index (χ1) is 7.41. The van der Waals surface area contributed by atoms with Gasteiger partial charge in [0.1, 0.15) is 5.69 Å². The molecule has 1 aromatic carbocycles. The van der Waals surface area contributed by atoms with Crippen molar-refractivity contribution in [3.63, 3.8) is 0 Å². The number of amides is 1. The average molecular weight is 225 g/mol. The fourth-order valence-electron chi connectivity index (χ4n) is 1.09. The third-order valence-corrected chi connectivity index (χ3v) is 1.70. The van der Waals surface area contributed by atoms with Crippen LogP contribution in [0.4, 0.5) is 17.1 Å². The zero-order valence-electron chi connectivity index (χ0n) is 8.17. The summed E-state index contributed by atoms with van der Waals surface area (Å²) in [6, 6.07) is 2.92. The number of benzene rings is 1. The average Bonchev–Trinajstić information content (AvgIpc) is 2.15. The Kier molecular flexibility index (Phi) is 3.14. The second-order valence-electron chi connectivity index (χ2n) is 2.90. The Morgan fingerprint density at radius 3 is 2.31 bits per heavy atom. The topological polar surface area (TPSA) is 115 Å². The number of carbonyl (C=O) groups excluding carboxylic acids is 1. The third-order valence-electron chi connectivity index (χ3n) is 1.70. The van der Waals surface area contributed by atoms with Crippen molar-refractivity contribution in [2.45, 2.75) is 6.92 Å². The molecule has 0 heterocycles. The second-order valence-corrected chi connectivity index (χ2v) is 2.90. The monoisotopic (exact) mass is 225 g/mol. The van der Waals surface area contributed by atoms with E-state index in [1.807, 2.05) is 0 Å². The lowest BCUT2D eigenvalue weighted by molar-refractivity contribution is -0.388. The molecule has 0 atom stereocenters. The summed E-state index contributed by atoms with van der Waals surface area (Å²) in [4.78, 5) is 30.4. The predicted molar refractivity (Wildman–Crippen MR) is 54.1 cm³/mol. The maximum Gasteiger partial charge on any atom is 0.293 e. The molecule has 0 aromatic heterocycles. The molecule has 0 spiro atoms. The molecule has 8 nitrogen and oxygen atoms in total. The van der Waals surface area contributed by atoms with Gasteiger partial charge in [0.25, 0.3) is 11.4 Å². The number of rotatable bonds is 3. The lowest BCUT2D eigenvalue weighted by Gasteiger charge is -2.02. The Morgan fingerprint density at radius 2 is 1.88 bits per heavy atom. The standard InChI is InChI=1S/C8H7N3O5/c1-5(12)9-7-4-6(10(13)14)2-3-8(7)11(15)16/h2-4H,1H3,(H,9,12). The van der Waals surface area contributed by atoms with Gasteiger partial charge in [0.2, 0.25) is 5.91 Å². The quantitative estimate of drug-likeness (QED) is 0.617. The van der Waals surface area contributed by atoms with Crippen LogP contribution < -0.4 is 5.32 Å². The molecule has 0 bridgehead atoms. The first kappa shape index (κ1) is 11.6. The maximum absolute atomic E-state index is 10.8. The number of non-ortho nitro benzene ring substituents is 1. The summed E-state index contributed by atoms with van der Waals surface area (Å²) in [5, 5.41) is 23.2. The highest BCUT2D eigenvalue weighted by atomic mass is 16.6. The van der Waals surface area contributed by atoms with Gasteiger partial charge in [-0.25, -0.2) is 0 Å². The van der Waals surface area contributed by atoms with Crippen LogP contribution in [0.3, 0.4) is 0 Å². The van der Waals surface area contributed by atoms with Gasteiger partial charge in [0.05, 0.1) is 9.85 Å². The molecular formula is C8H7N3O5. The maximum atomic E-state index is 10.8. The molecule has 0 aliphatic rings. The van der Waals surface area contributed by atoms with Gasteiger partial charge in [-0.1, -0.05) is 0 Å². The minimum atomic E-state index is -0.727. The zero-order chi connectivity index (χ0) is 12.3. The molecular weight excluding hydrogens is 218 g/mol. The van der Waals surface area contributed by atoms with Crippen molar-refractivity contribution >= 4 is 23.0 Å². The van der Waals surface area contributed by atoms with Crippen molar-refractivity contribution in [1.29, 1.82) is 0 Å². The highest BCUT2D eigenvalue weighted by Gasteiger charge is 2.18. The minimum Gasteiger partial charge on any atom is -0.320 e. The van der Waals surface area contributed by atoms with Crippen molar-refractivity contribution in [1.82, 2.24) is 0 Å². The van der Waals surface area contributed by atoms with E-state index in [0.717, 1.165) is 25.1 Å². The number of anilines is 1. The van der Waals surface area contributed by atoms with E-state index >= 15 is 0 Å². The molecule has 0 radical (unpaired) electrons. The molecule has 84 valence electrons. The Balaban J connectivity index is 3.26. The summed E-state index contributed by atoms with van der Waals surface area (Å²) in [5.74, 6) is -0.538. The van der Waals surface area contributed by atoms with Gasteiger partial charge in [-0.2, -0.15) is 0 Å².